The third-order valence-electron chi connectivity index (χ3n) is 5.61. The fourth-order valence-electron chi connectivity index (χ4n) is 3.76. The molecule has 0 radical (unpaired) electrons. The summed E-state index contributed by atoms with van der Waals surface area (Å²) in [4.78, 5) is 23.3. The molecule has 7 nitrogen and oxygen atoms in total. The third kappa shape index (κ3) is 7.07. The Bertz CT molecular complexity index is 1290. The minimum absolute atomic E-state index is 0.125. The number of oxime groups is 2. The van der Waals surface area contributed by atoms with Gasteiger partial charge in [0.1, 0.15) is 30.2 Å². The van der Waals surface area contributed by atoms with Crippen LogP contribution in [0.15, 0.2) is 89.4 Å². The van der Waals surface area contributed by atoms with E-state index >= 15 is 0 Å². The lowest BCUT2D eigenvalue weighted by molar-refractivity contribution is -0.133. The molecule has 0 spiro atoms. The second kappa shape index (κ2) is 13.6. The summed E-state index contributed by atoms with van der Waals surface area (Å²) < 4.78 is 9.97. The first-order chi connectivity index (χ1) is 18.0. The Kier molecular flexibility index (Phi) is 10.0. The molecule has 0 heterocycles. The van der Waals surface area contributed by atoms with Crippen LogP contribution in [-0.4, -0.2) is 38.2 Å². The van der Waals surface area contributed by atoms with Gasteiger partial charge in [0.25, 0.3) is 0 Å². The standard InChI is InChI=1S/C30H32N2O5/c1-6-36-32-29(24-17-15-23(16-18-24)26-13-9-7-11-21(26)2)22(3)31-37-19-25-12-8-10-14-27(25)28(20-34-4)30(33)35-5/h7-18,20H,6,19H2,1-5H3/b28-20-,31-22+,32-29+. The van der Waals surface area contributed by atoms with Gasteiger partial charge < -0.3 is 19.1 Å². The number of nitrogens with zero attached hydrogens (tertiary/aromatic N) is 2. The Hall–Kier alpha value is -4.39. The van der Waals surface area contributed by atoms with E-state index in [0.29, 0.717) is 23.6 Å². The Morgan fingerprint density at radius 2 is 1.59 bits per heavy atom. The maximum absolute atomic E-state index is 12.2. The molecule has 0 aliphatic heterocycles. The van der Waals surface area contributed by atoms with Crippen LogP contribution in [0.3, 0.4) is 0 Å². The minimum atomic E-state index is -0.505. The number of carbonyl (C=O) groups excluding carboxylic acids is 1. The van der Waals surface area contributed by atoms with Crippen molar-refractivity contribution in [3.05, 3.63) is 101 Å². The van der Waals surface area contributed by atoms with E-state index < -0.39 is 5.97 Å². The largest absolute Gasteiger partial charge is 0.503 e. The highest BCUT2D eigenvalue weighted by molar-refractivity contribution is 6.47. The van der Waals surface area contributed by atoms with Gasteiger partial charge in [0.05, 0.1) is 20.5 Å². The molecule has 0 atom stereocenters. The van der Waals surface area contributed by atoms with Crippen molar-refractivity contribution in [2.45, 2.75) is 27.4 Å². The summed E-state index contributed by atoms with van der Waals surface area (Å²) in [6, 6.07) is 23.7. The van der Waals surface area contributed by atoms with Gasteiger partial charge >= 0.3 is 5.97 Å². The number of benzene rings is 3. The highest BCUT2D eigenvalue weighted by Gasteiger charge is 2.17. The smallest absolute Gasteiger partial charge is 0.341 e. The average Bonchev–Trinajstić information content (AvgIpc) is 2.92. The molecule has 0 fully saturated rings. The molecule has 0 aliphatic rings. The van der Waals surface area contributed by atoms with E-state index in [4.69, 9.17) is 19.1 Å². The predicted octanol–water partition coefficient (Wildman–Crippen LogP) is 6.16. The first kappa shape index (κ1) is 27.2. The zero-order valence-corrected chi connectivity index (χ0v) is 21.9. The Morgan fingerprint density at radius 3 is 2.27 bits per heavy atom. The number of esters is 1. The molecule has 192 valence electrons. The molecule has 0 amide bonds. The van der Waals surface area contributed by atoms with Crippen molar-refractivity contribution in [2.75, 3.05) is 20.8 Å². The number of methoxy groups -OCH3 is 2. The van der Waals surface area contributed by atoms with Crippen molar-refractivity contribution in [3.8, 4) is 11.1 Å². The van der Waals surface area contributed by atoms with Crippen LogP contribution in [0.2, 0.25) is 0 Å². The molecular formula is C30H32N2O5. The minimum Gasteiger partial charge on any atom is -0.503 e. The highest BCUT2D eigenvalue weighted by Crippen LogP contribution is 2.24. The summed E-state index contributed by atoms with van der Waals surface area (Å²) >= 11 is 0. The van der Waals surface area contributed by atoms with Gasteiger partial charge in [-0.25, -0.2) is 4.79 Å². The summed E-state index contributed by atoms with van der Waals surface area (Å²) in [6.45, 7) is 6.32. The molecule has 0 bridgehead atoms. The molecule has 0 aliphatic carbocycles. The van der Waals surface area contributed by atoms with Crippen LogP contribution in [0.1, 0.15) is 36.1 Å². The summed E-state index contributed by atoms with van der Waals surface area (Å²) in [5.74, 6) is -0.505. The third-order valence-corrected chi connectivity index (χ3v) is 5.61. The van der Waals surface area contributed by atoms with Crippen LogP contribution in [0.4, 0.5) is 0 Å². The van der Waals surface area contributed by atoms with Crippen LogP contribution < -0.4 is 0 Å². The second-order valence-corrected chi connectivity index (χ2v) is 8.12. The van der Waals surface area contributed by atoms with Crippen molar-refractivity contribution in [2.24, 2.45) is 10.3 Å². The summed E-state index contributed by atoms with van der Waals surface area (Å²) in [5, 5.41) is 8.58. The molecule has 3 aromatic carbocycles. The van der Waals surface area contributed by atoms with Gasteiger partial charge in [0.15, 0.2) is 0 Å². The average molecular weight is 501 g/mol. The van der Waals surface area contributed by atoms with Crippen LogP contribution >= 0.6 is 0 Å². The van der Waals surface area contributed by atoms with Gasteiger partial charge in [0.2, 0.25) is 0 Å². The lowest BCUT2D eigenvalue weighted by atomic mass is 9.98. The van der Waals surface area contributed by atoms with E-state index in [2.05, 4.69) is 41.5 Å². The molecule has 3 aromatic rings. The van der Waals surface area contributed by atoms with Crippen LogP contribution in [0, 0.1) is 6.92 Å². The Labute approximate surface area is 218 Å². The number of hydrogen-bond acceptors (Lipinski definition) is 7. The number of rotatable bonds is 11. The first-order valence-electron chi connectivity index (χ1n) is 11.9. The molecule has 37 heavy (non-hydrogen) atoms. The van der Waals surface area contributed by atoms with Gasteiger partial charge in [-0.05, 0) is 43.0 Å². The van der Waals surface area contributed by atoms with Crippen LogP contribution in [0.25, 0.3) is 16.7 Å². The van der Waals surface area contributed by atoms with E-state index in [1.807, 2.05) is 56.3 Å². The topological polar surface area (TPSA) is 78.7 Å². The van der Waals surface area contributed by atoms with E-state index in [-0.39, 0.29) is 12.2 Å². The Balaban J connectivity index is 1.82. The maximum atomic E-state index is 12.2. The number of carbonyl (C=O) groups is 1. The molecular weight excluding hydrogens is 468 g/mol. The fraction of sp³-hybridized carbons (Fsp3) is 0.233. The lowest BCUT2D eigenvalue weighted by Gasteiger charge is -2.12. The molecule has 0 saturated carbocycles. The first-order valence-corrected chi connectivity index (χ1v) is 11.9. The summed E-state index contributed by atoms with van der Waals surface area (Å²) in [5.41, 5.74) is 7.16. The number of ether oxygens (including phenoxy) is 2. The Morgan fingerprint density at radius 1 is 0.892 bits per heavy atom. The zero-order chi connectivity index (χ0) is 26.6. The zero-order valence-electron chi connectivity index (χ0n) is 21.9. The molecule has 0 N–H and O–H groups in total. The van der Waals surface area contributed by atoms with Crippen molar-refractivity contribution < 1.29 is 23.9 Å². The van der Waals surface area contributed by atoms with E-state index in [9.17, 15) is 4.79 Å². The fourth-order valence-corrected chi connectivity index (χ4v) is 3.76. The van der Waals surface area contributed by atoms with E-state index in [1.165, 1.54) is 31.6 Å². The van der Waals surface area contributed by atoms with Crippen LogP contribution in [-0.2, 0) is 30.6 Å². The van der Waals surface area contributed by atoms with E-state index in [0.717, 1.165) is 16.7 Å². The SMILES string of the molecule is CCO/N=C(\C(C)=N\OCc1ccccc1/C(=C/OC)C(=O)OC)c1ccc(-c2ccccc2C)cc1. The van der Waals surface area contributed by atoms with Crippen molar-refractivity contribution >= 4 is 23.0 Å². The lowest BCUT2D eigenvalue weighted by Crippen LogP contribution is -2.14. The monoisotopic (exact) mass is 500 g/mol. The van der Waals surface area contributed by atoms with Gasteiger partial charge in [-0.15, -0.1) is 0 Å². The van der Waals surface area contributed by atoms with E-state index in [1.54, 1.807) is 6.07 Å². The summed E-state index contributed by atoms with van der Waals surface area (Å²) in [6.07, 6.45) is 1.35. The maximum Gasteiger partial charge on any atom is 0.341 e. The normalized spacial score (nSPS) is 12.2. The van der Waals surface area contributed by atoms with Gasteiger partial charge in [-0.2, -0.15) is 0 Å². The van der Waals surface area contributed by atoms with Gasteiger partial charge in [-0.1, -0.05) is 83.1 Å². The van der Waals surface area contributed by atoms with Gasteiger partial charge in [0, 0.05) is 11.1 Å². The molecule has 7 heteroatoms. The number of aryl methyl sites for hydroxylation is 1. The molecule has 0 aromatic heterocycles. The predicted molar refractivity (Wildman–Crippen MR) is 146 cm³/mol. The number of hydrogen-bond donors (Lipinski definition) is 0. The molecule has 0 unspecified atom stereocenters. The highest BCUT2D eigenvalue weighted by atomic mass is 16.6. The summed E-state index contributed by atoms with van der Waals surface area (Å²) in [7, 11) is 2.80. The van der Waals surface area contributed by atoms with Gasteiger partial charge in [-0.3, -0.25) is 0 Å². The van der Waals surface area contributed by atoms with Crippen molar-refractivity contribution in [3.63, 3.8) is 0 Å². The van der Waals surface area contributed by atoms with Crippen LogP contribution in [0.5, 0.6) is 0 Å². The quantitative estimate of drug-likeness (QED) is 0.104. The second-order valence-electron chi connectivity index (χ2n) is 8.12. The van der Waals surface area contributed by atoms with Crippen molar-refractivity contribution in [1.29, 1.82) is 0 Å². The molecule has 3 rings (SSSR count). The molecule has 0 saturated heterocycles. The van der Waals surface area contributed by atoms with Crippen molar-refractivity contribution in [1.82, 2.24) is 0 Å².